The van der Waals surface area contributed by atoms with Crippen LogP contribution < -0.4 is 5.32 Å². The number of amides is 1. The predicted octanol–water partition coefficient (Wildman–Crippen LogP) is 6.19. The summed E-state index contributed by atoms with van der Waals surface area (Å²) in [7, 11) is 0. The van der Waals surface area contributed by atoms with Gasteiger partial charge in [-0.25, -0.2) is 0 Å². The number of ketones is 1. The molecule has 1 unspecified atom stereocenters. The summed E-state index contributed by atoms with van der Waals surface area (Å²) in [6, 6.07) is 26.3. The van der Waals surface area contributed by atoms with E-state index in [0.29, 0.717) is 11.5 Å². The Morgan fingerprint density at radius 3 is 2.33 bits per heavy atom. The van der Waals surface area contributed by atoms with Crippen molar-refractivity contribution in [3.05, 3.63) is 107 Å². The van der Waals surface area contributed by atoms with Crippen LogP contribution in [0.2, 0.25) is 0 Å². The molecule has 4 heteroatoms. The second kappa shape index (κ2) is 11.2. The van der Waals surface area contributed by atoms with E-state index >= 15 is 0 Å². The molecule has 1 aliphatic carbocycles. The molecule has 5 rings (SSSR count). The van der Waals surface area contributed by atoms with Crippen LogP contribution in [0.25, 0.3) is 0 Å². The van der Waals surface area contributed by atoms with E-state index in [1.165, 1.54) is 18.4 Å². The van der Waals surface area contributed by atoms with E-state index in [2.05, 4.69) is 40.5 Å². The van der Waals surface area contributed by atoms with E-state index in [4.69, 9.17) is 0 Å². The van der Waals surface area contributed by atoms with Crippen LogP contribution in [0.5, 0.6) is 0 Å². The quantitative estimate of drug-likeness (QED) is 0.438. The van der Waals surface area contributed by atoms with Crippen molar-refractivity contribution in [3.63, 3.8) is 0 Å². The van der Waals surface area contributed by atoms with E-state index in [0.717, 1.165) is 55.6 Å². The van der Waals surface area contributed by atoms with Crippen molar-refractivity contribution in [2.45, 2.75) is 51.0 Å². The lowest BCUT2D eigenvalue weighted by atomic mass is 9.79. The Morgan fingerprint density at radius 1 is 0.917 bits per heavy atom. The minimum absolute atomic E-state index is 0.0471. The standard InChI is InChI=1S/C32H36N2O2/c1-23(24-9-4-2-5-10-24)33-32(36)30-14-8-13-29-28(30)16-15-27(31(29)35)19-22-34-20-17-26(18-21-34)25-11-6-3-7-12-25/h2-14,23,26-27H,15-22H2,1H3,(H,33,36)/t23-,27?/m0/s1. The van der Waals surface area contributed by atoms with E-state index in [1.807, 2.05) is 55.5 Å². The van der Waals surface area contributed by atoms with Crippen molar-refractivity contribution in [2.75, 3.05) is 19.6 Å². The molecule has 1 amide bonds. The minimum Gasteiger partial charge on any atom is -0.346 e. The molecule has 3 aromatic carbocycles. The number of nitrogens with zero attached hydrogens (tertiary/aromatic N) is 1. The highest BCUT2D eigenvalue weighted by Crippen LogP contribution is 2.32. The van der Waals surface area contributed by atoms with Crippen LogP contribution in [0.4, 0.5) is 0 Å². The van der Waals surface area contributed by atoms with Gasteiger partial charge in [-0.3, -0.25) is 9.59 Å². The first-order valence-electron chi connectivity index (χ1n) is 13.4. The van der Waals surface area contributed by atoms with E-state index in [-0.39, 0.29) is 23.7 Å². The van der Waals surface area contributed by atoms with Crippen LogP contribution >= 0.6 is 0 Å². The Bertz CT molecular complexity index is 1180. The molecule has 36 heavy (non-hydrogen) atoms. The molecular weight excluding hydrogens is 444 g/mol. The third-order valence-corrected chi connectivity index (χ3v) is 8.10. The SMILES string of the molecule is C[C@H](NC(=O)c1cccc2c1CCC(CCN1CCC(c3ccccc3)CC1)C2=O)c1ccccc1. The fourth-order valence-electron chi connectivity index (χ4n) is 5.90. The summed E-state index contributed by atoms with van der Waals surface area (Å²) in [5.41, 5.74) is 4.83. The van der Waals surface area contributed by atoms with Crippen molar-refractivity contribution >= 4 is 11.7 Å². The lowest BCUT2D eigenvalue weighted by Crippen LogP contribution is -2.36. The summed E-state index contributed by atoms with van der Waals surface area (Å²) in [6.45, 7) is 5.16. The maximum Gasteiger partial charge on any atom is 0.252 e. The van der Waals surface area contributed by atoms with Crippen molar-refractivity contribution in [2.24, 2.45) is 5.92 Å². The summed E-state index contributed by atoms with van der Waals surface area (Å²) in [5.74, 6) is 0.808. The molecule has 1 aliphatic heterocycles. The molecular formula is C32H36N2O2. The van der Waals surface area contributed by atoms with Crippen molar-refractivity contribution in [1.29, 1.82) is 0 Å². The average molecular weight is 481 g/mol. The Balaban J connectivity index is 1.17. The first-order chi connectivity index (χ1) is 17.6. The predicted molar refractivity (Wildman–Crippen MR) is 144 cm³/mol. The van der Waals surface area contributed by atoms with E-state index < -0.39 is 0 Å². The Morgan fingerprint density at radius 2 is 1.61 bits per heavy atom. The Kier molecular flexibility index (Phi) is 7.62. The van der Waals surface area contributed by atoms with E-state index in [9.17, 15) is 9.59 Å². The highest BCUT2D eigenvalue weighted by molar-refractivity contribution is 6.05. The van der Waals surface area contributed by atoms with Crippen molar-refractivity contribution < 1.29 is 9.59 Å². The number of hydrogen-bond acceptors (Lipinski definition) is 3. The molecule has 3 aromatic rings. The van der Waals surface area contributed by atoms with Crippen LogP contribution in [-0.4, -0.2) is 36.2 Å². The van der Waals surface area contributed by atoms with Gasteiger partial charge in [-0.2, -0.15) is 0 Å². The van der Waals surface area contributed by atoms with Gasteiger partial charge in [0, 0.05) is 17.0 Å². The zero-order chi connectivity index (χ0) is 24.9. The monoisotopic (exact) mass is 480 g/mol. The van der Waals surface area contributed by atoms with Crippen LogP contribution in [0, 0.1) is 5.92 Å². The molecule has 0 bridgehead atoms. The number of likely N-dealkylation sites (tertiary alicyclic amines) is 1. The number of fused-ring (bicyclic) bond motifs is 1. The fourth-order valence-corrected chi connectivity index (χ4v) is 5.90. The lowest BCUT2D eigenvalue weighted by Gasteiger charge is -2.33. The second-order valence-corrected chi connectivity index (χ2v) is 10.4. The molecule has 0 radical (unpaired) electrons. The molecule has 1 heterocycles. The van der Waals surface area contributed by atoms with Gasteiger partial charge in [-0.1, -0.05) is 72.8 Å². The smallest absolute Gasteiger partial charge is 0.252 e. The maximum atomic E-state index is 13.4. The summed E-state index contributed by atoms with van der Waals surface area (Å²) >= 11 is 0. The Labute approximate surface area is 214 Å². The third kappa shape index (κ3) is 5.44. The van der Waals surface area contributed by atoms with Gasteiger partial charge in [0.2, 0.25) is 0 Å². The van der Waals surface area contributed by atoms with Gasteiger partial charge in [0.15, 0.2) is 5.78 Å². The highest BCUT2D eigenvalue weighted by atomic mass is 16.1. The third-order valence-electron chi connectivity index (χ3n) is 8.10. The Hall–Kier alpha value is -3.24. The maximum absolute atomic E-state index is 13.4. The van der Waals surface area contributed by atoms with Crippen LogP contribution in [0.1, 0.15) is 82.0 Å². The number of carbonyl (C=O) groups excluding carboxylic acids is 2. The number of benzene rings is 3. The van der Waals surface area contributed by atoms with Crippen molar-refractivity contribution in [1.82, 2.24) is 10.2 Å². The van der Waals surface area contributed by atoms with Crippen LogP contribution in [0.15, 0.2) is 78.9 Å². The number of Topliss-reactive ketones (excluding diaryl/α,β-unsaturated/α-hetero) is 1. The molecule has 186 valence electrons. The zero-order valence-corrected chi connectivity index (χ0v) is 21.2. The average Bonchev–Trinajstić information content (AvgIpc) is 2.93. The molecule has 2 aliphatic rings. The molecule has 0 spiro atoms. The van der Waals surface area contributed by atoms with Crippen LogP contribution in [0.3, 0.4) is 0 Å². The largest absolute Gasteiger partial charge is 0.346 e. The summed E-state index contributed by atoms with van der Waals surface area (Å²) in [5, 5.41) is 3.12. The number of carbonyl (C=O) groups is 2. The molecule has 1 N–H and O–H groups in total. The summed E-state index contributed by atoms with van der Waals surface area (Å²) < 4.78 is 0. The topological polar surface area (TPSA) is 49.4 Å². The lowest BCUT2D eigenvalue weighted by molar-refractivity contribution is 0.0876. The van der Waals surface area contributed by atoms with Gasteiger partial charge in [0.05, 0.1) is 6.04 Å². The van der Waals surface area contributed by atoms with Gasteiger partial charge >= 0.3 is 0 Å². The number of piperidine rings is 1. The fraction of sp³-hybridized carbons (Fsp3) is 0.375. The van der Waals surface area contributed by atoms with Gasteiger partial charge < -0.3 is 10.2 Å². The van der Waals surface area contributed by atoms with E-state index in [1.54, 1.807) is 0 Å². The van der Waals surface area contributed by atoms with Gasteiger partial charge in [0.1, 0.15) is 0 Å². The summed E-state index contributed by atoms with van der Waals surface area (Å²) in [4.78, 5) is 29.0. The van der Waals surface area contributed by atoms with Crippen molar-refractivity contribution in [3.8, 4) is 0 Å². The van der Waals surface area contributed by atoms with Gasteiger partial charge in [0.25, 0.3) is 5.91 Å². The van der Waals surface area contributed by atoms with Gasteiger partial charge in [-0.15, -0.1) is 0 Å². The molecule has 1 fully saturated rings. The molecule has 0 aromatic heterocycles. The summed E-state index contributed by atoms with van der Waals surface area (Å²) in [6.07, 6.45) is 4.88. The first-order valence-corrected chi connectivity index (χ1v) is 13.4. The minimum atomic E-state index is -0.101. The number of nitrogens with one attached hydrogen (secondary N) is 1. The number of rotatable bonds is 7. The highest BCUT2D eigenvalue weighted by Gasteiger charge is 2.31. The van der Waals surface area contributed by atoms with Crippen LogP contribution in [-0.2, 0) is 6.42 Å². The van der Waals surface area contributed by atoms with Gasteiger partial charge in [-0.05, 0) is 87.3 Å². The molecule has 1 saturated heterocycles. The molecule has 0 saturated carbocycles. The second-order valence-electron chi connectivity index (χ2n) is 10.4. The number of hydrogen-bond donors (Lipinski definition) is 1. The molecule has 4 nitrogen and oxygen atoms in total. The molecule has 2 atom stereocenters. The first kappa shape index (κ1) is 24.5. The zero-order valence-electron chi connectivity index (χ0n) is 21.2. The normalized spacial score (nSPS) is 19.5.